The number of para-hydroxylation sites is 2. The molecule has 0 aliphatic carbocycles. The minimum atomic E-state index is -0.287. The number of ether oxygens (including phenoxy) is 2. The van der Waals surface area contributed by atoms with Gasteiger partial charge >= 0.3 is 5.97 Å². The van der Waals surface area contributed by atoms with Gasteiger partial charge in [0.25, 0.3) is 0 Å². The quantitative estimate of drug-likeness (QED) is 0.439. The van der Waals surface area contributed by atoms with Crippen LogP contribution in [0.2, 0.25) is 0 Å². The molecule has 3 nitrogen and oxygen atoms in total. The predicted molar refractivity (Wildman–Crippen MR) is 70.5 cm³/mol. The van der Waals surface area contributed by atoms with Crippen molar-refractivity contribution in [1.29, 1.82) is 0 Å². The highest BCUT2D eigenvalue weighted by atomic mass is 16.6. The molecule has 0 bridgehead atoms. The van der Waals surface area contributed by atoms with Gasteiger partial charge in [-0.05, 0) is 25.5 Å². The monoisotopic (exact) mass is 246 g/mol. The predicted octanol–water partition coefficient (Wildman–Crippen LogP) is 3.18. The number of hydrogen-bond donors (Lipinski definition) is 0. The van der Waals surface area contributed by atoms with E-state index in [9.17, 15) is 4.79 Å². The highest BCUT2D eigenvalue weighted by molar-refractivity contribution is 5.73. The minimum absolute atomic E-state index is 0.287. The summed E-state index contributed by atoms with van der Waals surface area (Å²) in [7, 11) is 0. The first-order chi connectivity index (χ1) is 8.77. The first-order valence-electron chi connectivity index (χ1n) is 6.10. The van der Waals surface area contributed by atoms with Crippen molar-refractivity contribution in [2.45, 2.75) is 33.1 Å². The number of carbonyl (C=O) groups is 1. The fraction of sp³-hybridized carbons (Fsp3) is 0.400. The van der Waals surface area contributed by atoms with E-state index in [0.29, 0.717) is 30.9 Å². The van der Waals surface area contributed by atoms with E-state index in [1.165, 1.54) is 0 Å². The molecule has 1 rings (SSSR count). The Hall–Kier alpha value is -1.95. The van der Waals surface area contributed by atoms with Gasteiger partial charge in [-0.25, -0.2) is 0 Å². The van der Waals surface area contributed by atoms with Crippen LogP contribution < -0.4 is 9.47 Å². The van der Waals surface area contributed by atoms with Gasteiger partial charge in [0.05, 0.1) is 13.0 Å². The lowest BCUT2D eigenvalue weighted by molar-refractivity contribution is -0.134. The molecule has 0 saturated carbocycles. The maximum Gasteiger partial charge on any atom is 0.312 e. The second-order valence-electron chi connectivity index (χ2n) is 3.70. The zero-order valence-electron chi connectivity index (χ0n) is 10.9. The van der Waals surface area contributed by atoms with Gasteiger partial charge in [0.1, 0.15) is 0 Å². The van der Waals surface area contributed by atoms with Crippen molar-refractivity contribution in [3.8, 4) is 23.3 Å². The highest BCUT2D eigenvalue weighted by Crippen LogP contribution is 2.26. The van der Waals surface area contributed by atoms with Crippen LogP contribution in [-0.2, 0) is 4.79 Å². The summed E-state index contributed by atoms with van der Waals surface area (Å²) < 4.78 is 10.8. The Bertz CT molecular complexity index is 441. The molecular formula is C15H18O3. The third kappa shape index (κ3) is 4.92. The molecule has 0 aliphatic rings. The Kier molecular flexibility index (Phi) is 6.42. The van der Waals surface area contributed by atoms with Gasteiger partial charge in [-0.3, -0.25) is 4.79 Å². The van der Waals surface area contributed by atoms with Crippen molar-refractivity contribution < 1.29 is 14.3 Å². The van der Waals surface area contributed by atoms with Crippen LogP contribution in [0.15, 0.2) is 24.3 Å². The van der Waals surface area contributed by atoms with Gasteiger partial charge in [0.15, 0.2) is 11.5 Å². The lowest BCUT2D eigenvalue weighted by Crippen LogP contribution is -2.08. The topological polar surface area (TPSA) is 35.5 Å². The second kappa shape index (κ2) is 8.19. The number of benzene rings is 1. The summed E-state index contributed by atoms with van der Waals surface area (Å²) in [6.07, 6.45) is 1.73. The van der Waals surface area contributed by atoms with Crippen LogP contribution in [0.5, 0.6) is 11.5 Å². The lowest BCUT2D eigenvalue weighted by Gasteiger charge is -2.10. The number of hydrogen-bond acceptors (Lipinski definition) is 3. The van der Waals surface area contributed by atoms with Crippen LogP contribution >= 0.6 is 0 Å². The average molecular weight is 246 g/mol. The zero-order valence-corrected chi connectivity index (χ0v) is 10.9. The van der Waals surface area contributed by atoms with Gasteiger partial charge in [-0.1, -0.05) is 19.1 Å². The average Bonchev–Trinajstić information content (AvgIpc) is 2.38. The molecule has 0 aromatic heterocycles. The van der Waals surface area contributed by atoms with Crippen molar-refractivity contribution in [2.75, 3.05) is 6.61 Å². The van der Waals surface area contributed by atoms with E-state index in [4.69, 9.17) is 9.47 Å². The molecule has 96 valence electrons. The molecule has 0 atom stereocenters. The summed E-state index contributed by atoms with van der Waals surface area (Å²) in [6.45, 7) is 4.38. The Morgan fingerprint density at radius 1 is 1.28 bits per heavy atom. The molecule has 0 amide bonds. The van der Waals surface area contributed by atoms with Crippen LogP contribution in [0.1, 0.15) is 33.1 Å². The SMILES string of the molecule is CC#CCCC(=O)Oc1ccccc1OCCC. The summed E-state index contributed by atoms with van der Waals surface area (Å²) in [5.41, 5.74) is 0. The summed E-state index contributed by atoms with van der Waals surface area (Å²) >= 11 is 0. The number of rotatable bonds is 6. The van der Waals surface area contributed by atoms with Crippen molar-refractivity contribution in [3.05, 3.63) is 24.3 Å². The largest absolute Gasteiger partial charge is 0.490 e. The number of esters is 1. The first kappa shape index (κ1) is 14.1. The van der Waals surface area contributed by atoms with Crippen molar-refractivity contribution in [3.63, 3.8) is 0 Å². The van der Waals surface area contributed by atoms with Crippen molar-refractivity contribution in [1.82, 2.24) is 0 Å². The number of carbonyl (C=O) groups excluding carboxylic acids is 1. The Morgan fingerprint density at radius 3 is 2.67 bits per heavy atom. The second-order valence-corrected chi connectivity index (χ2v) is 3.70. The van der Waals surface area contributed by atoms with Crippen LogP contribution in [0.25, 0.3) is 0 Å². The third-order valence-electron chi connectivity index (χ3n) is 2.17. The van der Waals surface area contributed by atoms with Gasteiger partial charge in [0.2, 0.25) is 0 Å². The molecule has 1 aromatic carbocycles. The third-order valence-corrected chi connectivity index (χ3v) is 2.17. The molecule has 0 saturated heterocycles. The van der Waals surface area contributed by atoms with Gasteiger partial charge in [0, 0.05) is 6.42 Å². The molecule has 0 fully saturated rings. The normalized spacial score (nSPS) is 9.22. The minimum Gasteiger partial charge on any atom is -0.490 e. The standard InChI is InChI=1S/C15H18O3/c1-3-5-6-11-15(16)18-14-10-8-7-9-13(14)17-12-4-2/h7-10H,4,6,11-12H2,1-2H3. The first-order valence-corrected chi connectivity index (χ1v) is 6.10. The summed E-state index contributed by atoms with van der Waals surface area (Å²) in [6, 6.07) is 7.19. The van der Waals surface area contributed by atoms with E-state index < -0.39 is 0 Å². The molecule has 1 aromatic rings. The summed E-state index contributed by atoms with van der Waals surface area (Å²) in [5, 5.41) is 0. The van der Waals surface area contributed by atoms with Crippen LogP contribution in [-0.4, -0.2) is 12.6 Å². The van der Waals surface area contributed by atoms with E-state index in [1.54, 1.807) is 19.1 Å². The Labute approximate surface area is 108 Å². The van der Waals surface area contributed by atoms with E-state index in [-0.39, 0.29) is 5.97 Å². The van der Waals surface area contributed by atoms with Crippen molar-refractivity contribution >= 4 is 5.97 Å². The zero-order chi connectivity index (χ0) is 13.2. The van der Waals surface area contributed by atoms with Gasteiger partial charge in [-0.15, -0.1) is 11.8 Å². The maximum atomic E-state index is 11.6. The molecule has 0 unspecified atom stereocenters. The highest BCUT2D eigenvalue weighted by Gasteiger charge is 2.09. The molecule has 0 radical (unpaired) electrons. The molecule has 0 spiro atoms. The summed E-state index contributed by atoms with van der Waals surface area (Å²) in [5.74, 6) is 6.37. The van der Waals surface area contributed by atoms with E-state index in [0.717, 1.165) is 6.42 Å². The van der Waals surface area contributed by atoms with E-state index >= 15 is 0 Å². The lowest BCUT2D eigenvalue weighted by atomic mass is 10.3. The molecular weight excluding hydrogens is 228 g/mol. The fourth-order valence-corrected chi connectivity index (χ4v) is 1.33. The van der Waals surface area contributed by atoms with E-state index in [1.807, 2.05) is 19.1 Å². The molecule has 18 heavy (non-hydrogen) atoms. The van der Waals surface area contributed by atoms with Gasteiger partial charge < -0.3 is 9.47 Å². The Balaban J connectivity index is 2.58. The van der Waals surface area contributed by atoms with Crippen LogP contribution in [0.4, 0.5) is 0 Å². The van der Waals surface area contributed by atoms with Crippen LogP contribution in [0.3, 0.4) is 0 Å². The fourth-order valence-electron chi connectivity index (χ4n) is 1.33. The van der Waals surface area contributed by atoms with Crippen LogP contribution in [0, 0.1) is 11.8 Å². The van der Waals surface area contributed by atoms with Crippen molar-refractivity contribution in [2.24, 2.45) is 0 Å². The smallest absolute Gasteiger partial charge is 0.312 e. The molecule has 3 heteroatoms. The van der Waals surface area contributed by atoms with Gasteiger partial charge in [-0.2, -0.15) is 0 Å². The van der Waals surface area contributed by atoms with E-state index in [2.05, 4.69) is 11.8 Å². The Morgan fingerprint density at radius 2 is 2.00 bits per heavy atom. The molecule has 0 heterocycles. The molecule has 0 N–H and O–H groups in total. The maximum absolute atomic E-state index is 11.6. The molecule has 0 aliphatic heterocycles. The summed E-state index contributed by atoms with van der Waals surface area (Å²) in [4.78, 5) is 11.6.